The molecule has 0 amide bonds. The van der Waals surface area contributed by atoms with Gasteiger partial charge in [0.15, 0.2) is 0 Å². The lowest BCUT2D eigenvalue weighted by molar-refractivity contribution is -0.150. The molecule has 2 saturated carbocycles. The summed E-state index contributed by atoms with van der Waals surface area (Å²) < 4.78 is 30.3. The largest absolute Gasteiger partial charge is 0.465 e. The van der Waals surface area contributed by atoms with Crippen molar-refractivity contribution in [2.75, 3.05) is 17.6 Å². The Balaban J connectivity index is 1.95. The molecule has 8 heteroatoms. The Kier molecular flexibility index (Phi) is 3.58. The Morgan fingerprint density at radius 2 is 2.14 bits per heavy atom. The smallest absolute Gasteiger partial charge is 0.319 e. The van der Waals surface area contributed by atoms with E-state index in [1.54, 1.807) is 6.92 Å². The van der Waals surface area contributed by atoms with E-state index in [1.165, 1.54) is 12.3 Å². The molecular weight excluding hydrogens is 306 g/mol. The molecule has 22 heavy (non-hydrogen) atoms. The number of ether oxygens (including phenoxy) is 1. The molecule has 0 bridgehead atoms. The lowest BCUT2D eigenvalue weighted by Crippen LogP contribution is -2.38. The van der Waals surface area contributed by atoms with E-state index in [9.17, 15) is 13.2 Å². The van der Waals surface area contributed by atoms with E-state index in [2.05, 4.69) is 14.7 Å². The average molecular weight is 325 g/mol. The molecule has 1 aromatic rings. The first-order chi connectivity index (χ1) is 10.3. The van der Waals surface area contributed by atoms with Crippen LogP contribution in [0, 0.1) is 11.8 Å². The minimum absolute atomic E-state index is 0.178. The van der Waals surface area contributed by atoms with Gasteiger partial charge in [-0.1, -0.05) is 0 Å². The molecule has 2 aliphatic carbocycles. The summed E-state index contributed by atoms with van der Waals surface area (Å²) in [6.45, 7) is 2.07. The van der Waals surface area contributed by atoms with Crippen LogP contribution in [0.15, 0.2) is 12.3 Å². The third kappa shape index (κ3) is 2.79. The minimum atomic E-state index is -3.43. The van der Waals surface area contributed by atoms with Gasteiger partial charge in [0.25, 0.3) is 0 Å². The molecule has 1 aromatic heterocycles. The van der Waals surface area contributed by atoms with Crippen molar-refractivity contribution in [1.82, 2.24) is 9.97 Å². The molecular formula is C14H19N3O4S. The van der Waals surface area contributed by atoms with Gasteiger partial charge in [0.2, 0.25) is 10.0 Å². The van der Waals surface area contributed by atoms with Gasteiger partial charge in [-0.05, 0) is 44.1 Å². The van der Waals surface area contributed by atoms with Crippen LogP contribution in [0.4, 0.5) is 5.82 Å². The Labute approximate surface area is 129 Å². The number of hydrogen-bond acceptors (Lipinski definition) is 6. The first-order valence-electron chi connectivity index (χ1n) is 7.32. The number of nitrogens with one attached hydrogen (secondary N) is 1. The van der Waals surface area contributed by atoms with Gasteiger partial charge in [0.1, 0.15) is 17.1 Å². The van der Waals surface area contributed by atoms with Crippen molar-refractivity contribution in [3.63, 3.8) is 0 Å². The van der Waals surface area contributed by atoms with Crippen LogP contribution in [-0.2, 0) is 25.0 Å². The third-order valence-electron chi connectivity index (χ3n) is 4.33. The summed E-state index contributed by atoms with van der Waals surface area (Å²) in [6, 6.07) is 1.47. The van der Waals surface area contributed by atoms with Crippen molar-refractivity contribution >= 4 is 21.8 Å². The number of esters is 1. The second-order valence-electron chi connectivity index (χ2n) is 6.11. The van der Waals surface area contributed by atoms with Crippen LogP contribution in [0.3, 0.4) is 0 Å². The van der Waals surface area contributed by atoms with Crippen LogP contribution in [-0.4, -0.2) is 37.2 Å². The number of aromatic nitrogens is 2. The molecule has 2 aliphatic rings. The summed E-state index contributed by atoms with van der Waals surface area (Å²) in [7, 11) is -3.43. The van der Waals surface area contributed by atoms with Gasteiger partial charge < -0.3 is 4.74 Å². The molecule has 2 unspecified atom stereocenters. The zero-order valence-corrected chi connectivity index (χ0v) is 13.4. The summed E-state index contributed by atoms with van der Waals surface area (Å²) in [5.41, 5.74) is -0.835. The van der Waals surface area contributed by atoms with Crippen molar-refractivity contribution in [3.05, 3.63) is 18.1 Å². The lowest BCUT2D eigenvalue weighted by atomic mass is 9.82. The number of fused-ring (bicyclic) bond motifs is 1. The zero-order chi connectivity index (χ0) is 16.0. The topological polar surface area (TPSA) is 98.2 Å². The fourth-order valence-electron chi connectivity index (χ4n) is 3.33. The predicted molar refractivity (Wildman–Crippen MR) is 79.6 cm³/mol. The Bertz CT molecular complexity index is 694. The second-order valence-corrected chi connectivity index (χ2v) is 7.85. The van der Waals surface area contributed by atoms with E-state index in [0.29, 0.717) is 37.1 Å². The van der Waals surface area contributed by atoms with E-state index in [0.717, 1.165) is 12.7 Å². The molecule has 3 rings (SSSR count). The highest BCUT2D eigenvalue weighted by Gasteiger charge is 2.60. The zero-order valence-electron chi connectivity index (χ0n) is 12.6. The first-order valence-corrected chi connectivity index (χ1v) is 9.22. The molecule has 0 aromatic carbocycles. The lowest BCUT2D eigenvalue weighted by Gasteiger charge is -2.26. The molecule has 1 heterocycles. The van der Waals surface area contributed by atoms with Gasteiger partial charge in [0, 0.05) is 6.20 Å². The van der Waals surface area contributed by atoms with Gasteiger partial charge in [-0.2, -0.15) is 0 Å². The fourth-order valence-corrected chi connectivity index (χ4v) is 3.83. The van der Waals surface area contributed by atoms with Gasteiger partial charge in [0.05, 0.1) is 12.9 Å². The summed E-state index contributed by atoms with van der Waals surface area (Å²) >= 11 is 0. The highest BCUT2D eigenvalue weighted by atomic mass is 32.2. The van der Waals surface area contributed by atoms with Crippen LogP contribution >= 0.6 is 0 Å². The van der Waals surface area contributed by atoms with E-state index in [-0.39, 0.29) is 11.8 Å². The SMILES string of the molecule is CCOC(=O)C1(c2nccc(NS(C)(=O)=O)n2)CC2CC2C1. The maximum absolute atomic E-state index is 12.5. The highest BCUT2D eigenvalue weighted by molar-refractivity contribution is 7.92. The van der Waals surface area contributed by atoms with Crippen molar-refractivity contribution in [2.45, 2.75) is 31.6 Å². The standard InChI is InChI=1S/C14H19N3O4S/c1-3-21-13(18)14(7-9-6-10(9)8-14)12-15-5-4-11(16-12)17-22(2,19)20/h4-5,9-10H,3,6-8H2,1-2H3,(H,15,16,17). The van der Waals surface area contributed by atoms with Crippen LogP contribution in [0.25, 0.3) is 0 Å². The van der Waals surface area contributed by atoms with Crippen molar-refractivity contribution < 1.29 is 17.9 Å². The molecule has 1 N–H and O–H groups in total. The molecule has 0 saturated heterocycles. The van der Waals surface area contributed by atoms with E-state index >= 15 is 0 Å². The quantitative estimate of drug-likeness (QED) is 0.813. The third-order valence-corrected chi connectivity index (χ3v) is 4.91. The summed E-state index contributed by atoms with van der Waals surface area (Å²) in [5.74, 6) is 1.28. The molecule has 0 spiro atoms. The predicted octanol–water partition coefficient (Wildman–Crippen LogP) is 1.08. The number of anilines is 1. The summed E-state index contributed by atoms with van der Waals surface area (Å²) in [6.07, 6.45) is 5.03. The summed E-state index contributed by atoms with van der Waals surface area (Å²) in [4.78, 5) is 21.0. The Morgan fingerprint density at radius 1 is 1.45 bits per heavy atom. The van der Waals surface area contributed by atoms with Crippen LogP contribution in [0.5, 0.6) is 0 Å². The van der Waals surface area contributed by atoms with Crippen molar-refractivity contribution in [2.24, 2.45) is 11.8 Å². The number of carbonyl (C=O) groups excluding carboxylic acids is 1. The number of rotatable bonds is 5. The van der Waals surface area contributed by atoms with Crippen LogP contribution in [0.2, 0.25) is 0 Å². The Morgan fingerprint density at radius 3 is 2.73 bits per heavy atom. The van der Waals surface area contributed by atoms with Gasteiger partial charge in [-0.25, -0.2) is 18.4 Å². The van der Waals surface area contributed by atoms with Gasteiger partial charge in [-0.15, -0.1) is 0 Å². The number of carbonyl (C=O) groups is 1. The maximum Gasteiger partial charge on any atom is 0.319 e. The number of nitrogens with zero attached hydrogens (tertiary/aromatic N) is 2. The van der Waals surface area contributed by atoms with Gasteiger partial charge >= 0.3 is 5.97 Å². The Hall–Kier alpha value is -1.70. The van der Waals surface area contributed by atoms with Gasteiger partial charge in [-0.3, -0.25) is 9.52 Å². The monoisotopic (exact) mass is 325 g/mol. The minimum Gasteiger partial charge on any atom is -0.465 e. The first kappa shape index (κ1) is 15.2. The normalized spacial score (nSPS) is 29.7. The molecule has 7 nitrogen and oxygen atoms in total. The molecule has 0 aliphatic heterocycles. The van der Waals surface area contributed by atoms with Crippen molar-refractivity contribution in [1.29, 1.82) is 0 Å². The van der Waals surface area contributed by atoms with E-state index in [1.807, 2.05) is 0 Å². The second kappa shape index (κ2) is 5.19. The number of sulfonamides is 1. The van der Waals surface area contributed by atoms with E-state index < -0.39 is 15.4 Å². The van der Waals surface area contributed by atoms with Crippen molar-refractivity contribution in [3.8, 4) is 0 Å². The summed E-state index contributed by atoms with van der Waals surface area (Å²) in [5, 5.41) is 0. The van der Waals surface area contributed by atoms with Crippen LogP contribution in [0.1, 0.15) is 32.0 Å². The molecule has 2 atom stereocenters. The molecule has 120 valence electrons. The highest BCUT2D eigenvalue weighted by Crippen LogP contribution is 2.60. The van der Waals surface area contributed by atoms with E-state index in [4.69, 9.17) is 4.74 Å². The molecule has 0 radical (unpaired) electrons. The van der Waals surface area contributed by atoms with Crippen LogP contribution < -0.4 is 4.72 Å². The molecule has 2 fully saturated rings. The number of hydrogen-bond donors (Lipinski definition) is 1. The maximum atomic E-state index is 12.5. The fraction of sp³-hybridized carbons (Fsp3) is 0.643. The average Bonchev–Trinajstić information content (AvgIpc) is 3.04.